The third-order valence-corrected chi connectivity index (χ3v) is 1.54. The zero-order valence-corrected chi connectivity index (χ0v) is 6.13. The Morgan fingerprint density at radius 1 is 1.44 bits per heavy atom. The Kier molecular flexibility index (Phi) is 5.27. The molecule has 0 N–H and O–H groups in total. The second kappa shape index (κ2) is 5.60. The van der Waals surface area contributed by atoms with Gasteiger partial charge in [0.05, 0.1) is 6.72 Å². The molecule has 0 aliphatic carbocycles. The average molecular weight is 128 g/mol. The van der Waals surface area contributed by atoms with Gasteiger partial charge in [0.2, 0.25) is 0 Å². The molecule has 0 unspecified atom stereocenters. The van der Waals surface area contributed by atoms with E-state index in [0.717, 1.165) is 12.8 Å². The first-order valence-corrected chi connectivity index (χ1v) is 3.37. The van der Waals surface area contributed by atoms with E-state index in [2.05, 4.69) is 23.8 Å². The fourth-order valence-electron chi connectivity index (χ4n) is 0.673. The van der Waals surface area contributed by atoms with Gasteiger partial charge in [0, 0.05) is 0 Å². The second-order valence-electron chi connectivity index (χ2n) is 2.08. The van der Waals surface area contributed by atoms with E-state index in [1.54, 1.807) is 0 Å². The molecule has 0 aliphatic heterocycles. The smallest absolute Gasteiger partial charge is 0.119 e. The second-order valence-corrected chi connectivity index (χ2v) is 2.08. The van der Waals surface area contributed by atoms with E-state index in [1.807, 2.05) is 0 Å². The summed E-state index contributed by atoms with van der Waals surface area (Å²) >= 11 is 0. The summed E-state index contributed by atoms with van der Waals surface area (Å²) in [5, 5.41) is 3.07. The van der Waals surface area contributed by atoms with Crippen LogP contribution in [-0.4, -0.2) is 13.3 Å². The van der Waals surface area contributed by atoms with E-state index in [-0.39, 0.29) is 0 Å². The summed E-state index contributed by atoms with van der Waals surface area (Å²) in [6.07, 6.45) is 2.26. The van der Waals surface area contributed by atoms with Gasteiger partial charge in [0.1, 0.15) is 6.61 Å². The van der Waals surface area contributed by atoms with Crippen LogP contribution in [0.4, 0.5) is 0 Å². The zero-order valence-electron chi connectivity index (χ0n) is 6.13. The largest absolute Gasteiger partial charge is 0.395 e. The van der Waals surface area contributed by atoms with Crippen LogP contribution in [0.3, 0.4) is 0 Å². The molecule has 0 aromatic rings. The summed E-state index contributed by atoms with van der Waals surface area (Å²) in [7, 11) is 0. The maximum Gasteiger partial charge on any atom is 0.119 e. The van der Waals surface area contributed by atoms with E-state index in [4.69, 9.17) is 6.72 Å². The summed E-state index contributed by atoms with van der Waals surface area (Å²) in [6.45, 7) is 9.71. The summed E-state index contributed by atoms with van der Waals surface area (Å²) in [5.41, 5.74) is 0. The molecule has 0 heterocycles. The van der Waals surface area contributed by atoms with Gasteiger partial charge in [-0.2, -0.15) is 0 Å². The van der Waals surface area contributed by atoms with Gasteiger partial charge in [-0.3, -0.25) is 0 Å². The molecule has 0 fully saturated rings. The summed E-state index contributed by atoms with van der Waals surface area (Å²) in [5.74, 6) is 0.609. The number of nitrogens with zero attached hydrogens (tertiary/aromatic N) is 1. The van der Waals surface area contributed by atoms with E-state index in [9.17, 15) is 0 Å². The van der Waals surface area contributed by atoms with Crippen molar-refractivity contribution >= 4 is 6.72 Å². The molecule has 0 saturated heterocycles. The highest BCUT2D eigenvalue weighted by molar-refractivity contribution is 5.21. The molecular formula is C7H14NO. The predicted molar refractivity (Wildman–Crippen MR) is 38.5 cm³/mol. The molecule has 0 spiro atoms. The SMILES string of the molecule is [CH]=NOCC(CC)CC. The predicted octanol–water partition coefficient (Wildman–Crippen LogP) is 1.93. The Labute approximate surface area is 56.9 Å². The van der Waals surface area contributed by atoms with Crippen LogP contribution in [0.5, 0.6) is 0 Å². The molecule has 1 radical (unpaired) electrons. The Balaban J connectivity index is 3.19. The highest BCUT2D eigenvalue weighted by atomic mass is 16.6. The van der Waals surface area contributed by atoms with Crippen LogP contribution in [0.25, 0.3) is 0 Å². The third kappa shape index (κ3) is 4.01. The molecule has 0 rings (SSSR count). The molecule has 0 bridgehead atoms. The minimum atomic E-state index is 0.609. The highest BCUT2D eigenvalue weighted by Crippen LogP contribution is 2.06. The molecule has 2 nitrogen and oxygen atoms in total. The van der Waals surface area contributed by atoms with Gasteiger partial charge in [-0.1, -0.05) is 19.0 Å². The van der Waals surface area contributed by atoms with Crippen molar-refractivity contribution in [1.29, 1.82) is 0 Å². The average Bonchev–Trinajstić information content (AvgIpc) is 1.91. The van der Waals surface area contributed by atoms with Crippen molar-refractivity contribution in [1.82, 2.24) is 0 Å². The maximum atomic E-state index is 4.79. The van der Waals surface area contributed by atoms with E-state index >= 15 is 0 Å². The fraction of sp³-hybridized carbons (Fsp3) is 0.857. The molecule has 2 heteroatoms. The normalized spacial score (nSPS) is 9.67. The summed E-state index contributed by atoms with van der Waals surface area (Å²) in [4.78, 5) is 4.68. The molecule has 0 amide bonds. The topological polar surface area (TPSA) is 21.6 Å². The standard InChI is InChI=1S/C7H14NO/c1-4-7(5-2)6-9-8-3/h3,7H,4-6H2,1-2H3. The van der Waals surface area contributed by atoms with Gasteiger partial charge in [-0.15, -0.1) is 0 Å². The van der Waals surface area contributed by atoms with Crippen molar-refractivity contribution in [3.63, 3.8) is 0 Å². The Bertz CT molecular complexity index is 69.3. The van der Waals surface area contributed by atoms with Crippen LogP contribution < -0.4 is 0 Å². The van der Waals surface area contributed by atoms with Gasteiger partial charge in [0.15, 0.2) is 0 Å². The molecule has 0 aliphatic rings. The van der Waals surface area contributed by atoms with Crippen LogP contribution in [-0.2, 0) is 4.84 Å². The number of rotatable bonds is 5. The quantitative estimate of drug-likeness (QED) is 0.409. The lowest BCUT2D eigenvalue weighted by Gasteiger charge is -2.08. The van der Waals surface area contributed by atoms with Gasteiger partial charge in [-0.25, -0.2) is 0 Å². The van der Waals surface area contributed by atoms with Gasteiger partial charge >= 0.3 is 0 Å². The van der Waals surface area contributed by atoms with E-state index in [1.165, 1.54) is 0 Å². The molecule has 53 valence electrons. The highest BCUT2D eigenvalue weighted by Gasteiger charge is 2.01. The first kappa shape index (κ1) is 8.47. The molecular weight excluding hydrogens is 114 g/mol. The van der Waals surface area contributed by atoms with Crippen LogP contribution in [0.15, 0.2) is 5.16 Å². The Morgan fingerprint density at radius 2 is 2.00 bits per heavy atom. The van der Waals surface area contributed by atoms with Crippen LogP contribution >= 0.6 is 0 Å². The van der Waals surface area contributed by atoms with Crippen molar-refractivity contribution < 1.29 is 4.84 Å². The van der Waals surface area contributed by atoms with Gasteiger partial charge in [0.25, 0.3) is 0 Å². The zero-order chi connectivity index (χ0) is 7.11. The maximum absolute atomic E-state index is 4.79. The Hall–Kier alpha value is -0.530. The lowest BCUT2D eigenvalue weighted by atomic mass is 10.1. The van der Waals surface area contributed by atoms with Crippen molar-refractivity contribution in [2.45, 2.75) is 26.7 Å². The fourth-order valence-corrected chi connectivity index (χ4v) is 0.673. The first-order valence-electron chi connectivity index (χ1n) is 3.37. The minimum absolute atomic E-state index is 0.609. The monoisotopic (exact) mass is 128 g/mol. The van der Waals surface area contributed by atoms with Crippen LogP contribution in [0.1, 0.15) is 26.7 Å². The van der Waals surface area contributed by atoms with Crippen molar-refractivity contribution in [2.24, 2.45) is 11.1 Å². The Morgan fingerprint density at radius 3 is 2.33 bits per heavy atom. The lowest BCUT2D eigenvalue weighted by Crippen LogP contribution is -2.04. The summed E-state index contributed by atoms with van der Waals surface area (Å²) in [6, 6.07) is 0. The third-order valence-electron chi connectivity index (χ3n) is 1.54. The number of hydrogen-bond acceptors (Lipinski definition) is 2. The molecule has 9 heavy (non-hydrogen) atoms. The molecule has 0 saturated carbocycles. The first-order chi connectivity index (χ1) is 4.35. The molecule has 0 aromatic carbocycles. The van der Waals surface area contributed by atoms with Gasteiger partial charge in [-0.05, 0) is 18.8 Å². The molecule has 0 atom stereocenters. The minimum Gasteiger partial charge on any atom is -0.395 e. The van der Waals surface area contributed by atoms with Crippen LogP contribution in [0, 0.1) is 5.92 Å². The van der Waals surface area contributed by atoms with E-state index in [0.29, 0.717) is 12.5 Å². The van der Waals surface area contributed by atoms with Crippen molar-refractivity contribution in [3.05, 3.63) is 0 Å². The van der Waals surface area contributed by atoms with Crippen molar-refractivity contribution in [3.8, 4) is 0 Å². The van der Waals surface area contributed by atoms with Crippen molar-refractivity contribution in [2.75, 3.05) is 6.61 Å². The van der Waals surface area contributed by atoms with E-state index < -0.39 is 0 Å². The number of hydrogen-bond donors (Lipinski definition) is 0. The summed E-state index contributed by atoms with van der Waals surface area (Å²) < 4.78 is 0. The van der Waals surface area contributed by atoms with Gasteiger partial charge < -0.3 is 4.84 Å². The molecule has 0 aromatic heterocycles. The lowest BCUT2D eigenvalue weighted by molar-refractivity contribution is 0.106. The van der Waals surface area contributed by atoms with Crippen LogP contribution in [0.2, 0.25) is 0 Å².